The lowest BCUT2D eigenvalue weighted by atomic mass is 10.2. The number of benzene rings is 1. The third-order valence-corrected chi connectivity index (χ3v) is 2.19. The molecule has 0 fully saturated rings. The van der Waals surface area contributed by atoms with Crippen LogP contribution in [0.25, 0.3) is 22.1 Å². The van der Waals surface area contributed by atoms with Gasteiger partial charge in [-0.15, -0.1) is 0 Å². The van der Waals surface area contributed by atoms with Gasteiger partial charge in [-0.25, -0.2) is 9.37 Å². The average Bonchev–Trinajstić information content (AvgIpc) is 2.56. The summed E-state index contributed by atoms with van der Waals surface area (Å²) in [6.45, 7) is 0. The van der Waals surface area contributed by atoms with Gasteiger partial charge in [0.2, 0.25) is 0 Å². The van der Waals surface area contributed by atoms with E-state index in [1.165, 1.54) is 12.1 Å². The molecule has 0 aliphatic heterocycles. The molecule has 14 heavy (non-hydrogen) atoms. The largest absolute Gasteiger partial charge is 0.338 e. The molecular weight excluding hydrogens is 181 g/mol. The third kappa shape index (κ3) is 0.907. The lowest BCUT2D eigenvalue weighted by Crippen LogP contribution is -1.77. The van der Waals surface area contributed by atoms with Gasteiger partial charge in [-0.2, -0.15) is 0 Å². The molecule has 0 aliphatic rings. The molecule has 2 heterocycles. The van der Waals surface area contributed by atoms with E-state index in [0.717, 1.165) is 10.9 Å². The van der Waals surface area contributed by atoms with E-state index in [1.54, 1.807) is 18.5 Å². The maximum atomic E-state index is 13.0. The molecule has 1 N–H and O–H groups in total. The second-order valence-corrected chi connectivity index (χ2v) is 3.07. The number of nitrogens with one attached hydrogen (secondary N) is 1. The minimum absolute atomic E-state index is 0.260. The molecular formula is C10H6FN3. The van der Waals surface area contributed by atoms with Crippen LogP contribution in [-0.4, -0.2) is 15.0 Å². The van der Waals surface area contributed by atoms with Crippen LogP contribution in [0.3, 0.4) is 0 Å². The number of aromatic nitrogens is 3. The van der Waals surface area contributed by atoms with Gasteiger partial charge in [0.25, 0.3) is 0 Å². The summed E-state index contributed by atoms with van der Waals surface area (Å²) in [6.07, 6.45) is 3.20. The second-order valence-electron chi connectivity index (χ2n) is 3.07. The second kappa shape index (κ2) is 2.51. The van der Waals surface area contributed by atoms with Gasteiger partial charge >= 0.3 is 0 Å². The Morgan fingerprint density at radius 3 is 2.93 bits per heavy atom. The molecule has 0 bridgehead atoms. The minimum atomic E-state index is -0.260. The number of hydrogen-bond donors (Lipinski definition) is 1. The van der Waals surface area contributed by atoms with Gasteiger partial charge in [0.1, 0.15) is 11.3 Å². The van der Waals surface area contributed by atoms with Crippen molar-refractivity contribution in [3.8, 4) is 0 Å². The van der Waals surface area contributed by atoms with Gasteiger partial charge in [-0.1, -0.05) is 0 Å². The zero-order chi connectivity index (χ0) is 9.54. The number of fused-ring (bicyclic) bond motifs is 3. The molecule has 0 aliphatic carbocycles. The Balaban J connectivity index is 2.58. The van der Waals surface area contributed by atoms with E-state index in [2.05, 4.69) is 15.0 Å². The first-order valence-corrected chi connectivity index (χ1v) is 4.22. The van der Waals surface area contributed by atoms with Gasteiger partial charge < -0.3 is 4.98 Å². The Morgan fingerprint density at radius 1 is 1.14 bits per heavy atom. The Kier molecular flexibility index (Phi) is 1.33. The van der Waals surface area contributed by atoms with Crippen LogP contribution in [0.1, 0.15) is 0 Å². The first kappa shape index (κ1) is 7.44. The van der Waals surface area contributed by atoms with Crippen molar-refractivity contribution in [2.24, 2.45) is 0 Å². The summed E-state index contributed by atoms with van der Waals surface area (Å²) in [5.41, 5.74) is 2.25. The highest BCUT2D eigenvalue weighted by atomic mass is 19.1. The van der Waals surface area contributed by atoms with Crippen molar-refractivity contribution >= 4 is 22.1 Å². The predicted molar refractivity (Wildman–Crippen MR) is 51.4 cm³/mol. The number of nitrogens with zero attached hydrogens (tertiary/aromatic N) is 2. The molecule has 1 aromatic carbocycles. The molecule has 0 spiro atoms. The standard InChI is InChI=1S/C10H6FN3/c11-6-1-2-8-7(5-6)9-10(14-8)13-4-3-12-9/h1-5H,(H,13,14). The van der Waals surface area contributed by atoms with Crippen molar-refractivity contribution in [2.45, 2.75) is 0 Å². The van der Waals surface area contributed by atoms with Crippen LogP contribution < -0.4 is 0 Å². The summed E-state index contributed by atoms with van der Waals surface area (Å²) in [5, 5.41) is 0.771. The first-order valence-electron chi connectivity index (χ1n) is 4.22. The summed E-state index contributed by atoms with van der Waals surface area (Å²) in [6, 6.07) is 4.56. The van der Waals surface area contributed by atoms with Crippen molar-refractivity contribution in [2.75, 3.05) is 0 Å². The molecule has 0 radical (unpaired) electrons. The highest BCUT2D eigenvalue weighted by Gasteiger charge is 2.05. The first-order chi connectivity index (χ1) is 6.84. The lowest BCUT2D eigenvalue weighted by Gasteiger charge is -1.89. The van der Waals surface area contributed by atoms with Crippen LogP contribution in [0.4, 0.5) is 4.39 Å². The van der Waals surface area contributed by atoms with E-state index in [0.29, 0.717) is 11.2 Å². The van der Waals surface area contributed by atoms with Crippen LogP contribution in [0.15, 0.2) is 30.6 Å². The molecule has 3 nitrogen and oxygen atoms in total. The normalized spacial score (nSPS) is 11.2. The Hall–Kier alpha value is -1.97. The predicted octanol–water partition coefficient (Wildman–Crippen LogP) is 2.25. The van der Waals surface area contributed by atoms with E-state index in [9.17, 15) is 4.39 Å². The van der Waals surface area contributed by atoms with Gasteiger partial charge in [-0.05, 0) is 18.2 Å². The van der Waals surface area contributed by atoms with Crippen LogP contribution in [0.5, 0.6) is 0 Å². The van der Waals surface area contributed by atoms with E-state index in [-0.39, 0.29) is 5.82 Å². The van der Waals surface area contributed by atoms with Gasteiger partial charge in [0.15, 0.2) is 5.65 Å². The fourth-order valence-corrected chi connectivity index (χ4v) is 1.58. The number of halogens is 1. The highest BCUT2D eigenvalue weighted by molar-refractivity contribution is 6.03. The van der Waals surface area contributed by atoms with Crippen LogP contribution in [0.2, 0.25) is 0 Å². The summed E-state index contributed by atoms with van der Waals surface area (Å²) in [5.74, 6) is -0.260. The summed E-state index contributed by atoms with van der Waals surface area (Å²) in [7, 11) is 0. The molecule has 0 saturated heterocycles. The quantitative estimate of drug-likeness (QED) is 0.586. The van der Waals surface area contributed by atoms with E-state index in [1.807, 2.05) is 0 Å². The van der Waals surface area contributed by atoms with Crippen LogP contribution >= 0.6 is 0 Å². The molecule has 0 amide bonds. The highest BCUT2D eigenvalue weighted by Crippen LogP contribution is 2.22. The SMILES string of the molecule is Fc1ccc2[nH]c3nccnc3c2c1. The summed E-state index contributed by atoms with van der Waals surface area (Å²) in [4.78, 5) is 11.3. The Bertz CT molecular complexity index is 615. The van der Waals surface area contributed by atoms with Crippen LogP contribution in [-0.2, 0) is 0 Å². The molecule has 3 rings (SSSR count). The smallest absolute Gasteiger partial charge is 0.157 e. The number of rotatable bonds is 0. The van der Waals surface area contributed by atoms with Gasteiger partial charge in [-0.3, -0.25) is 4.98 Å². The molecule has 3 aromatic rings. The van der Waals surface area contributed by atoms with Crippen molar-refractivity contribution < 1.29 is 4.39 Å². The molecule has 4 heteroatoms. The summed E-state index contributed by atoms with van der Waals surface area (Å²) >= 11 is 0. The number of aromatic amines is 1. The number of H-pyrrole nitrogens is 1. The molecule has 0 unspecified atom stereocenters. The lowest BCUT2D eigenvalue weighted by molar-refractivity contribution is 0.630. The molecule has 68 valence electrons. The Labute approximate surface area is 78.6 Å². The van der Waals surface area contributed by atoms with E-state index >= 15 is 0 Å². The van der Waals surface area contributed by atoms with Crippen molar-refractivity contribution in [3.63, 3.8) is 0 Å². The van der Waals surface area contributed by atoms with Crippen molar-refractivity contribution in [1.29, 1.82) is 0 Å². The minimum Gasteiger partial charge on any atom is -0.338 e. The monoisotopic (exact) mass is 187 g/mol. The fourth-order valence-electron chi connectivity index (χ4n) is 1.58. The Morgan fingerprint density at radius 2 is 2.00 bits per heavy atom. The van der Waals surface area contributed by atoms with Crippen molar-refractivity contribution in [3.05, 3.63) is 36.4 Å². The summed E-state index contributed by atoms with van der Waals surface area (Å²) < 4.78 is 13.0. The third-order valence-electron chi connectivity index (χ3n) is 2.19. The molecule has 2 aromatic heterocycles. The van der Waals surface area contributed by atoms with E-state index < -0.39 is 0 Å². The molecule has 0 saturated carbocycles. The maximum absolute atomic E-state index is 13.0. The maximum Gasteiger partial charge on any atom is 0.157 e. The van der Waals surface area contributed by atoms with E-state index in [4.69, 9.17) is 0 Å². The molecule has 0 atom stereocenters. The van der Waals surface area contributed by atoms with Gasteiger partial charge in [0.05, 0.1) is 0 Å². The average molecular weight is 187 g/mol. The zero-order valence-corrected chi connectivity index (χ0v) is 7.16. The van der Waals surface area contributed by atoms with Gasteiger partial charge in [0, 0.05) is 23.3 Å². The topological polar surface area (TPSA) is 41.6 Å². The zero-order valence-electron chi connectivity index (χ0n) is 7.16. The van der Waals surface area contributed by atoms with Crippen LogP contribution in [0, 0.1) is 5.82 Å². The fraction of sp³-hybridized carbons (Fsp3) is 0. The van der Waals surface area contributed by atoms with Crippen molar-refractivity contribution in [1.82, 2.24) is 15.0 Å². The number of hydrogen-bond acceptors (Lipinski definition) is 2.